The van der Waals surface area contributed by atoms with Crippen molar-refractivity contribution in [2.24, 2.45) is 5.73 Å². The molecule has 0 radical (unpaired) electrons. The summed E-state index contributed by atoms with van der Waals surface area (Å²) in [4.78, 5) is 11.1. The Bertz CT molecular complexity index is 149. The molecule has 4 nitrogen and oxygen atoms in total. The van der Waals surface area contributed by atoms with Crippen LogP contribution in [0.5, 0.6) is 0 Å². The van der Waals surface area contributed by atoms with Gasteiger partial charge in [0.15, 0.2) is 5.78 Å². The molecule has 0 spiro atoms. The van der Waals surface area contributed by atoms with E-state index in [-0.39, 0.29) is 18.4 Å². The second kappa shape index (κ2) is 3.80. The van der Waals surface area contributed by atoms with Crippen LogP contribution < -0.4 is 5.73 Å². The average Bonchev–Trinajstić information content (AvgIpc) is 2.36. The van der Waals surface area contributed by atoms with Crippen molar-refractivity contribution in [3.8, 4) is 0 Å². The zero-order chi connectivity index (χ0) is 8.27. The molecule has 64 valence electrons. The van der Waals surface area contributed by atoms with Gasteiger partial charge in [0, 0.05) is 19.8 Å². The van der Waals surface area contributed by atoms with Gasteiger partial charge in [0.2, 0.25) is 0 Å². The van der Waals surface area contributed by atoms with E-state index < -0.39 is 6.10 Å². The molecule has 2 atom stereocenters. The quantitative estimate of drug-likeness (QED) is 0.592. The van der Waals surface area contributed by atoms with E-state index in [1.165, 1.54) is 7.11 Å². The molecule has 1 saturated heterocycles. The highest BCUT2D eigenvalue weighted by molar-refractivity contribution is 5.85. The predicted octanol–water partition coefficient (Wildman–Crippen LogP) is -0.682. The molecule has 0 aliphatic carbocycles. The molecule has 2 N–H and O–H groups in total. The molecule has 1 rings (SSSR count). The largest absolute Gasteiger partial charge is 0.377 e. The number of ether oxygens (including phenoxy) is 2. The summed E-state index contributed by atoms with van der Waals surface area (Å²) in [7, 11) is 1.48. The van der Waals surface area contributed by atoms with Crippen molar-refractivity contribution < 1.29 is 14.3 Å². The van der Waals surface area contributed by atoms with Crippen LogP contribution in [0.4, 0.5) is 0 Å². The number of hydrogen-bond donors (Lipinski definition) is 1. The average molecular weight is 159 g/mol. The first-order valence-electron chi connectivity index (χ1n) is 3.64. The van der Waals surface area contributed by atoms with Crippen LogP contribution in [0.2, 0.25) is 0 Å². The molecule has 11 heavy (non-hydrogen) atoms. The first-order valence-corrected chi connectivity index (χ1v) is 3.64. The lowest BCUT2D eigenvalue weighted by molar-refractivity contribution is -0.132. The Hall–Kier alpha value is -0.450. The third-order valence-corrected chi connectivity index (χ3v) is 1.74. The Kier molecular flexibility index (Phi) is 2.99. The summed E-state index contributed by atoms with van der Waals surface area (Å²) >= 11 is 0. The summed E-state index contributed by atoms with van der Waals surface area (Å²) < 4.78 is 9.80. The first kappa shape index (κ1) is 8.64. The van der Waals surface area contributed by atoms with E-state index in [2.05, 4.69) is 4.74 Å². The Morgan fingerprint density at radius 2 is 2.55 bits per heavy atom. The minimum atomic E-state index is -0.435. The van der Waals surface area contributed by atoms with Gasteiger partial charge >= 0.3 is 0 Å². The van der Waals surface area contributed by atoms with E-state index in [4.69, 9.17) is 10.5 Å². The number of carbonyl (C=O) groups is 1. The van der Waals surface area contributed by atoms with Crippen molar-refractivity contribution in [3.05, 3.63) is 0 Å². The van der Waals surface area contributed by atoms with Crippen LogP contribution in [0.1, 0.15) is 6.42 Å². The highest BCUT2D eigenvalue weighted by atomic mass is 16.5. The van der Waals surface area contributed by atoms with Crippen molar-refractivity contribution in [2.75, 3.05) is 20.3 Å². The Balaban J connectivity index is 2.39. The Morgan fingerprint density at radius 3 is 3.00 bits per heavy atom. The zero-order valence-corrected chi connectivity index (χ0v) is 6.58. The molecule has 1 fully saturated rings. The van der Waals surface area contributed by atoms with Gasteiger partial charge < -0.3 is 15.2 Å². The molecule has 1 heterocycles. The van der Waals surface area contributed by atoms with Crippen LogP contribution in [0.15, 0.2) is 0 Å². The maximum absolute atomic E-state index is 11.1. The molecule has 0 saturated carbocycles. The number of methoxy groups -OCH3 is 1. The fraction of sp³-hybridized carbons (Fsp3) is 0.857. The minimum absolute atomic E-state index is 0.0579. The van der Waals surface area contributed by atoms with Crippen molar-refractivity contribution >= 4 is 5.78 Å². The maximum Gasteiger partial charge on any atom is 0.188 e. The van der Waals surface area contributed by atoms with E-state index >= 15 is 0 Å². The van der Waals surface area contributed by atoms with Gasteiger partial charge in [0.1, 0.15) is 12.7 Å². The molecule has 4 heteroatoms. The summed E-state index contributed by atoms with van der Waals surface area (Å²) in [5.74, 6) is -0.0579. The molecule has 0 aromatic carbocycles. The predicted molar refractivity (Wildman–Crippen MR) is 39.2 cm³/mol. The van der Waals surface area contributed by atoms with Crippen LogP contribution in [0, 0.1) is 0 Å². The van der Waals surface area contributed by atoms with Crippen molar-refractivity contribution in [1.82, 2.24) is 0 Å². The standard InChI is InChI=1S/C7H13NO3/c1-10-4-6(9)7-5(8)2-3-11-7/h5,7H,2-4,8H2,1H3/t5-,7+/m1/s1. The highest BCUT2D eigenvalue weighted by Crippen LogP contribution is 2.11. The van der Waals surface area contributed by atoms with Gasteiger partial charge in [-0.2, -0.15) is 0 Å². The molecule has 1 aliphatic heterocycles. The van der Waals surface area contributed by atoms with Crippen molar-refractivity contribution in [1.29, 1.82) is 0 Å². The number of carbonyl (C=O) groups excluding carboxylic acids is 1. The molecule has 1 aliphatic rings. The number of nitrogens with two attached hydrogens (primary N) is 1. The third kappa shape index (κ3) is 1.99. The fourth-order valence-corrected chi connectivity index (χ4v) is 1.16. The third-order valence-electron chi connectivity index (χ3n) is 1.74. The number of rotatable bonds is 3. The van der Waals surface area contributed by atoms with Crippen LogP contribution in [-0.4, -0.2) is 38.3 Å². The SMILES string of the molecule is COCC(=O)[C@H]1OCC[C@H]1N. The molecule has 0 bridgehead atoms. The lowest BCUT2D eigenvalue weighted by Crippen LogP contribution is -2.38. The molecular formula is C7H13NO3. The van der Waals surface area contributed by atoms with Crippen molar-refractivity contribution in [3.63, 3.8) is 0 Å². The van der Waals surface area contributed by atoms with E-state index in [9.17, 15) is 4.79 Å². The first-order chi connectivity index (χ1) is 5.25. The van der Waals surface area contributed by atoms with Gasteiger partial charge in [-0.15, -0.1) is 0 Å². The summed E-state index contributed by atoms with van der Waals surface area (Å²) in [5, 5.41) is 0. The van der Waals surface area contributed by atoms with Crippen LogP contribution in [-0.2, 0) is 14.3 Å². The van der Waals surface area contributed by atoms with Gasteiger partial charge in [-0.25, -0.2) is 0 Å². The Morgan fingerprint density at radius 1 is 1.82 bits per heavy atom. The number of hydrogen-bond acceptors (Lipinski definition) is 4. The molecule has 0 aromatic rings. The molecule has 0 aromatic heterocycles. The van der Waals surface area contributed by atoms with Gasteiger partial charge in [-0.3, -0.25) is 4.79 Å². The van der Waals surface area contributed by atoms with Gasteiger partial charge in [0.25, 0.3) is 0 Å². The minimum Gasteiger partial charge on any atom is -0.377 e. The molecule has 0 unspecified atom stereocenters. The van der Waals surface area contributed by atoms with Crippen molar-refractivity contribution in [2.45, 2.75) is 18.6 Å². The van der Waals surface area contributed by atoms with Gasteiger partial charge in [0.05, 0.1) is 0 Å². The molecule has 0 amide bonds. The molecular weight excluding hydrogens is 146 g/mol. The van der Waals surface area contributed by atoms with Gasteiger partial charge in [-0.1, -0.05) is 0 Å². The zero-order valence-electron chi connectivity index (χ0n) is 6.58. The summed E-state index contributed by atoms with van der Waals surface area (Å²) in [6.45, 7) is 0.680. The fourth-order valence-electron chi connectivity index (χ4n) is 1.16. The van der Waals surface area contributed by atoms with Gasteiger partial charge in [-0.05, 0) is 6.42 Å². The summed E-state index contributed by atoms with van der Waals surface area (Å²) in [6, 6.07) is -0.141. The number of ketones is 1. The number of Topliss-reactive ketones (excluding diaryl/α,β-unsaturated/α-hetero) is 1. The van der Waals surface area contributed by atoms with E-state index in [1.54, 1.807) is 0 Å². The van der Waals surface area contributed by atoms with E-state index in [0.29, 0.717) is 6.61 Å². The lowest BCUT2D eigenvalue weighted by Gasteiger charge is -2.11. The topological polar surface area (TPSA) is 61.5 Å². The monoisotopic (exact) mass is 159 g/mol. The highest BCUT2D eigenvalue weighted by Gasteiger charge is 2.30. The van der Waals surface area contributed by atoms with Crippen LogP contribution in [0.25, 0.3) is 0 Å². The maximum atomic E-state index is 11.1. The summed E-state index contributed by atoms with van der Waals surface area (Å²) in [5.41, 5.74) is 5.61. The second-order valence-electron chi connectivity index (χ2n) is 2.64. The Labute approximate surface area is 65.7 Å². The van der Waals surface area contributed by atoms with E-state index in [1.807, 2.05) is 0 Å². The van der Waals surface area contributed by atoms with Crippen LogP contribution in [0.3, 0.4) is 0 Å². The van der Waals surface area contributed by atoms with Crippen LogP contribution >= 0.6 is 0 Å². The second-order valence-corrected chi connectivity index (χ2v) is 2.64. The lowest BCUT2D eigenvalue weighted by atomic mass is 10.1. The van der Waals surface area contributed by atoms with E-state index in [0.717, 1.165) is 6.42 Å². The smallest absolute Gasteiger partial charge is 0.188 e. The normalized spacial score (nSPS) is 30.7. The summed E-state index contributed by atoms with van der Waals surface area (Å²) in [6.07, 6.45) is 0.329.